The van der Waals surface area contributed by atoms with Crippen LogP contribution in [-0.2, 0) is 6.42 Å². The average Bonchev–Trinajstić information content (AvgIpc) is 3.04. The fourth-order valence-corrected chi connectivity index (χ4v) is 4.02. The maximum Gasteiger partial charge on any atom is 0.294 e. The molecule has 26 heavy (non-hydrogen) atoms. The molecule has 1 aliphatic rings. The Morgan fingerprint density at radius 1 is 0.962 bits per heavy atom. The second kappa shape index (κ2) is 5.73. The van der Waals surface area contributed by atoms with E-state index in [2.05, 4.69) is 24.3 Å². The van der Waals surface area contributed by atoms with Crippen molar-refractivity contribution < 1.29 is 9.21 Å². The van der Waals surface area contributed by atoms with E-state index in [4.69, 9.17) is 4.42 Å². The van der Waals surface area contributed by atoms with Crippen LogP contribution in [0.1, 0.15) is 28.1 Å². The third-order valence-electron chi connectivity index (χ3n) is 5.38. The van der Waals surface area contributed by atoms with E-state index in [0.717, 1.165) is 52.4 Å². The zero-order valence-corrected chi connectivity index (χ0v) is 14.7. The van der Waals surface area contributed by atoms with Crippen molar-refractivity contribution in [3.05, 3.63) is 77.6 Å². The minimum absolute atomic E-state index is 0.0464. The van der Waals surface area contributed by atoms with Crippen LogP contribution in [0.15, 0.2) is 65.1 Å². The van der Waals surface area contributed by atoms with E-state index < -0.39 is 0 Å². The Morgan fingerprint density at radius 3 is 2.69 bits per heavy atom. The highest BCUT2D eigenvalue weighted by Gasteiger charge is 2.28. The fourth-order valence-electron chi connectivity index (χ4n) is 4.02. The summed E-state index contributed by atoms with van der Waals surface area (Å²) >= 11 is 0. The largest absolute Gasteiger partial charge is 0.450 e. The molecule has 0 bridgehead atoms. The van der Waals surface area contributed by atoms with Crippen molar-refractivity contribution in [1.82, 2.24) is 0 Å². The minimum Gasteiger partial charge on any atom is -0.450 e. The molecule has 4 aromatic rings. The molecule has 1 aliphatic heterocycles. The predicted molar refractivity (Wildman–Crippen MR) is 105 cm³/mol. The number of hydrogen-bond donors (Lipinski definition) is 0. The number of carbonyl (C=O) groups excluding carboxylic acids is 1. The van der Waals surface area contributed by atoms with Gasteiger partial charge in [0, 0.05) is 28.6 Å². The molecular formula is C23H19NO2. The summed E-state index contributed by atoms with van der Waals surface area (Å²) in [7, 11) is 0. The van der Waals surface area contributed by atoms with E-state index in [1.807, 2.05) is 48.2 Å². The first-order valence-electron chi connectivity index (χ1n) is 9.04. The van der Waals surface area contributed by atoms with Crippen LogP contribution in [0.4, 0.5) is 5.69 Å². The Bertz CT molecular complexity index is 1160. The SMILES string of the molecule is Cc1c(C(=O)N2CCCc3ccccc32)oc2c1ccc1ccccc12. The third-order valence-corrected chi connectivity index (χ3v) is 5.38. The summed E-state index contributed by atoms with van der Waals surface area (Å²) in [5.74, 6) is 0.406. The standard InChI is InChI=1S/C23H19NO2/c1-15-18-13-12-16-7-2-4-10-19(16)22(18)26-21(15)23(25)24-14-6-9-17-8-3-5-11-20(17)24/h2-5,7-8,10-13H,6,9,14H2,1H3. The molecule has 0 fully saturated rings. The van der Waals surface area contributed by atoms with Gasteiger partial charge in [0.25, 0.3) is 5.91 Å². The van der Waals surface area contributed by atoms with Gasteiger partial charge in [-0.2, -0.15) is 0 Å². The molecule has 0 atom stereocenters. The zero-order valence-electron chi connectivity index (χ0n) is 14.7. The second-order valence-electron chi connectivity index (χ2n) is 6.91. The van der Waals surface area contributed by atoms with Crippen LogP contribution in [0, 0.1) is 6.92 Å². The lowest BCUT2D eigenvalue weighted by Gasteiger charge is -2.28. The Kier molecular flexibility index (Phi) is 3.35. The highest BCUT2D eigenvalue weighted by Crippen LogP contribution is 2.34. The summed E-state index contributed by atoms with van der Waals surface area (Å²) in [6.07, 6.45) is 1.99. The quantitative estimate of drug-likeness (QED) is 0.459. The molecule has 0 saturated carbocycles. The van der Waals surface area contributed by atoms with Gasteiger partial charge in [0.2, 0.25) is 0 Å². The fraction of sp³-hybridized carbons (Fsp3) is 0.174. The summed E-state index contributed by atoms with van der Waals surface area (Å²) < 4.78 is 6.15. The molecular weight excluding hydrogens is 322 g/mol. The first-order valence-corrected chi connectivity index (χ1v) is 9.04. The van der Waals surface area contributed by atoms with Crippen molar-refractivity contribution in [1.29, 1.82) is 0 Å². The molecule has 0 radical (unpaired) electrons. The summed E-state index contributed by atoms with van der Waals surface area (Å²) in [6, 6.07) is 20.4. The Labute approximate surface area is 151 Å². The lowest BCUT2D eigenvalue weighted by Crippen LogP contribution is -2.35. The monoisotopic (exact) mass is 341 g/mol. The molecule has 1 amide bonds. The van der Waals surface area contributed by atoms with Crippen LogP contribution in [0.3, 0.4) is 0 Å². The van der Waals surface area contributed by atoms with Gasteiger partial charge < -0.3 is 9.32 Å². The van der Waals surface area contributed by atoms with Crippen molar-refractivity contribution in [3.8, 4) is 0 Å². The van der Waals surface area contributed by atoms with Crippen molar-refractivity contribution in [3.63, 3.8) is 0 Å². The summed E-state index contributed by atoms with van der Waals surface area (Å²) in [5, 5.41) is 3.18. The number of hydrogen-bond acceptors (Lipinski definition) is 2. The smallest absolute Gasteiger partial charge is 0.294 e. The van der Waals surface area contributed by atoms with Crippen LogP contribution in [0.2, 0.25) is 0 Å². The Hall–Kier alpha value is -3.07. The lowest BCUT2D eigenvalue weighted by molar-refractivity contribution is 0.0960. The lowest BCUT2D eigenvalue weighted by atomic mass is 10.0. The Balaban J connectivity index is 1.67. The van der Waals surface area contributed by atoms with E-state index in [1.54, 1.807) is 0 Å². The number of fused-ring (bicyclic) bond motifs is 4. The van der Waals surface area contributed by atoms with Crippen molar-refractivity contribution in [2.24, 2.45) is 0 Å². The topological polar surface area (TPSA) is 33.5 Å². The molecule has 1 aromatic heterocycles. The highest BCUT2D eigenvalue weighted by atomic mass is 16.3. The van der Waals surface area contributed by atoms with Crippen LogP contribution in [-0.4, -0.2) is 12.5 Å². The van der Waals surface area contributed by atoms with E-state index in [0.29, 0.717) is 5.76 Å². The Morgan fingerprint density at radius 2 is 1.77 bits per heavy atom. The molecule has 0 spiro atoms. The maximum absolute atomic E-state index is 13.3. The van der Waals surface area contributed by atoms with Crippen LogP contribution >= 0.6 is 0 Å². The number of furan rings is 1. The number of amides is 1. The van der Waals surface area contributed by atoms with Crippen molar-refractivity contribution in [2.45, 2.75) is 19.8 Å². The number of anilines is 1. The molecule has 5 rings (SSSR count). The second-order valence-corrected chi connectivity index (χ2v) is 6.91. The number of para-hydroxylation sites is 1. The summed E-state index contributed by atoms with van der Waals surface area (Å²) in [6.45, 7) is 2.71. The predicted octanol–water partition coefficient (Wildman–Crippen LogP) is 5.49. The number of rotatable bonds is 1. The van der Waals surface area contributed by atoms with Gasteiger partial charge >= 0.3 is 0 Å². The molecule has 0 aliphatic carbocycles. The van der Waals surface area contributed by atoms with E-state index in [-0.39, 0.29) is 5.91 Å². The van der Waals surface area contributed by atoms with Crippen molar-refractivity contribution >= 4 is 33.3 Å². The van der Waals surface area contributed by atoms with Crippen LogP contribution < -0.4 is 4.90 Å². The molecule has 128 valence electrons. The van der Waals surface area contributed by atoms with Gasteiger partial charge in [-0.25, -0.2) is 0 Å². The third kappa shape index (κ3) is 2.17. The van der Waals surface area contributed by atoms with Gasteiger partial charge in [-0.3, -0.25) is 4.79 Å². The first-order chi connectivity index (χ1) is 12.7. The highest BCUT2D eigenvalue weighted by molar-refractivity contribution is 6.12. The number of nitrogens with zero attached hydrogens (tertiary/aromatic N) is 1. The normalized spacial score (nSPS) is 14.0. The van der Waals surface area contributed by atoms with Gasteiger partial charge in [0.1, 0.15) is 5.58 Å². The first kappa shape index (κ1) is 15.2. The van der Waals surface area contributed by atoms with Crippen molar-refractivity contribution in [2.75, 3.05) is 11.4 Å². The number of benzene rings is 3. The number of carbonyl (C=O) groups is 1. The zero-order chi connectivity index (χ0) is 17.7. The van der Waals surface area contributed by atoms with Gasteiger partial charge in [0.15, 0.2) is 5.76 Å². The minimum atomic E-state index is -0.0464. The van der Waals surface area contributed by atoms with Crippen LogP contribution in [0.5, 0.6) is 0 Å². The molecule has 3 aromatic carbocycles. The summed E-state index contributed by atoms with van der Waals surface area (Å²) in [5.41, 5.74) is 3.95. The molecule has 0 N–H and O–H groups in total. The molecule has 3 heteroatoms. The molecule has 0 unspecified atom stereocenters. The maximum atomic E-state index is 13.3. The molecule has 3 nitrogen and oxygen atoms in total. The number of aryl methyl sites for hydroxylation is 2. The average molecular weight is 341 g/mol. The van der Waals surface area contributed by atoms with Gasteiger partial charge in [-0.1, -0.05) is 54.6 Å². The van der Waals surface area contributed by atoms with Crippen LogP contribution in [0.25, 0.3) is 21.7 Å². The van der Waals surface area contributed by atoms with Gasteiger partial charge in [-0.15, -0.1) is 0 Å². The van der Waals surface area contributed by atoms with Gasteiger partial charge in [-0.05, 0) is 36.8 Å². The summed E-state index contributed by atoms with van der Waals surface area (Å²) in [4.78, 5) is 15.2. The van der Waals surface area contributed by atoms with Gasteiger partial charge in [0.05, 0.1) is 0 Å². The molecule has 0 saturated heterocycles. The van der Waals surface area contributed by atoms with E-state index in [9.17, 15) is 4.79 Å². The van der Waals surface area contributed by atoms with E-state index in [1.165, 1.54) is 5.56 Å². The van der Waals surface area contributed by atoms with E-state index >= 15 is 0 Å². The molecule has 2 heterocycles.